The maximum absolute atomic E-state index is 5.78. The Bertz CT molecular complexity index is 266. The Morgan fingerprint density at radius 1 is 1.46 bits per heavy atom. The number of hydrogen-bond donors (Lipinski definition) is 0. The Morgan fingerprint density at radius 3 is 2.54 bits per heavy atom. The van der Waals surface area contributed by atoms with Crippen LogP contribution in [0.3, 0.4) is 0 Å². The molecule has 2 heteroatoms. The lowest BCUT2D eigenvalue weighted by atomic mass is 10.1. The van der Waals surface area contributed by atoms with E-state index in [0.717, 1.165) is 17.0 Å². The van der Waals surface area contributed by atoms with Crippen molar-refractivity contribution in [2.45, 2.75) is 12.5 Å². The van der Waals surface area contributed by atoms with Gasteiger partial charge in [-0.15, -0.1) is 6.58 Å². The zero-order valence-electron chi connectivity index (χ0n) is 7.66. The molecular formula is C11H13ClO. The molecule has 0 aliphatic carbocycles. The van der Waals surface area contributed by atoms with E-state index >= 15 is 0 Å². The second kappa shape index (κ2) is 5.05. The van der Waals surface area contributed by atoms with Crippen LogP contribution in [0.2, 0.25) is 5.02 Å². The van der Waals surface area contributed by atoms with Gasteiger partial charge in [0.05, 0.1) is 6.10 Å². The normalized spacial score (nSPS) is 12.5. The van der Waals surface area contributed by atoms with Gasteiger partial charge in [0.2, 0.25) is 0 Å². The van der Waals surface area contributed by atoms with Crippen molar-refractivity contribution in [2.24, 2.45) is 0 Å². The lowest BCUT2D eigenvalue weighted by Gasteiger charge is -2.13. The maximum Gasteiger partial charge on any atom is 0.0855 e. The molecule has 0 bridgehead atoms. The molecule has 1 aromatic rings. The summed E-state index contributed by atoms with van der Waals surface area (Å²) in [6.07, 6.45) is 2.76. The highest BCUT2D eigenvalue weighted by Gasteiger charge is 2.07. The summed E-state index contributed by atoms with van der Waals surface area (Å²) in [5.41, 5.74) is 1.13. The molecule has 0 aromatic heterocycles. The number of methoxy groups -OCH3 is 1. The van der Waals surface area contributed by atoms with Crippen molar-refractivity contribution in [3.63, 3.8) is 0 Å². The minimum atomic E-state index is 0.0924. The highest BCUT2D eigenvalue weighted by atomic mass is 35.5. The van der Waals surface area contributed by atoms with E-state index in [1.807, 2.05) is 30.3 Å². The topological polar surface area (TPSA) is 9.23 Å². The molecular weight excluding hydrogens is 184 g/mol. The summed E-state index contributed by atoms with van der Waals surface area (Å²) in [4.78, 5) is 0. The van der Waals surface area contributed by atoms with Crippen molar-refractivity contribution in [1.29, 1.82) is 0 Å². The Labute approximate surface area is 84.0 Å². The van der Waals surface area contributed by atoms with Crippen LogP contribution in [0.5, 0.6) is 0 Å². The Morgan fingerprint density at radius 2 is 2.08 bits per heavy atom. The van der Waals surface area contributed by atoms with Crippen molar-refractivity contribution in [2.75, 3.05) is 7.11 Å². The summed E-state index contributed by atoms with van der Waals surface area (Å²) in [6.45, 7) is 3.69. The molecule has 0 spiro atoms. The van der Waals surface area contributed by atoms with Gasteiger partial charge in [0.25, 0.3) is 0 Å². The van der Waals surface area contributed by atoms with Gasteiger partial charge in [0, 0.05) is 12.1 Å². The van der Waals surface area contributed by atoms with Gasteiger partial charge in [0.15, 0.2) is 0 Å². The van der Waals surface area contributed by atoms with Gasteiger partial charge in [-0.3, -0.25) is 0 Å². The second-order valence-corrected chi connectivity index (χ2v) is 3.24. The molecule has 0 aliphatic rings. The standard InChI is InChI=1S/C11H13ClO/c1-3-4-11(13-2)9-5-7-10(12)8-6-9/h3,5-8,11H,1,4H2,2H3/t11-/m1/s1. The van der Waals surface area contributed by atoms with Gasteiger partial charge in [0.1, 0.15) is 0 Å². The third-order valence-electron chi connectivity index (χ3n) is 1.91. The van der Waals surface area contributed by atoms with Crippen LogP contribution in [0.15, 0.2) is 36.9 Å². The van der Waals surface area contributed by atoms with Gasteiger partial charge < -0.3 is 4.74 Å². The molecule has 0 N–H and O–H groups in total. The summed E-state index contributed by atoms with van der Waals surface area (Å²) in [5, 5.41) is 0.747. The smallest absolute Gasteiger partial charge is 0.0855 e. The van der Waals surface area contributed by atoms with Crippen LogP contribution >= 0.6 is 11.6 Å². The van der Waals surface area contributed by atoms with Crippen LogP contribution in [0.1, 0.15) is 18.1 Å². The molecule has 1 rings (SSSR count). The Hall–Kier alpha value is -0.790. The first kappa shape index (κ1) is 10.3. The van der Waals surface area contributed by atoms with Crippen LogP contribution in [-0.2, 0) is 4.74 Å². The third-order valence-corrected chi connectivity index (χ3v) is 2.16. The van der Waals surface area contributed by atoms with E-state index in [1.165, 1.54) is 0 Å². The number of rotatable bonds is 4. The summed E-state index contributed by atoms with van der Waals surface area (Å²) in [7, 11) is 1.70. The first-order valence-electron chi connectivity index (χ1n) is 4.17. The van der Waals surface area contributed by atoms with Crippen LogP contribution < -0.4 is 0 Å². The number of benzene rings is 1. The molecule has 1 aromatic carbocycles. The van der Waals surface area contributed by atoms with Crippen LogP contribution in [-0.4, -0.2) is 7.11 Å². The molecule has 0 radical (unpaired) electrons. The first-order valence-corrected chi connectivity index (χ1v) is 4.55. The van der Waals surface area contributed by atoms with E-state index < -0.39 is 0 Å². The average molecular weight is 197 g/mol. The second-order valence-electron chi connectivity index (χ2n) is 2.80. The molecule has 0 amide bonds. The van der Waals surface area contributed by atoms with E-state index in [-0.39, 0.29) is 6.10 Å². The third kappa shape index (κ3) is 2.87. The summed E-state index contributed by atoms with van der Waals surface area (Å²) < 4.78 is 5.30. The predicted octanol–water partition coefficient (Wildman–Crippen LogP) is 3.60. The van der Waals surface area contributed by atoms with Gasteiger partial charge in [-0.05, 0) is 24.1 Å². The van der Waals surface area contributed by atoms with E-state index in [2.05, 4.69) is 6.58 Å². The molecule has 70 valence electrons. The first-order chi connectivity index (χ1) is 6.27. The van der Waals surface area contributed by atoms with Crippen molar-refractivity contribution in [1.82, 2.24) is 0 Å². The zero-order chi connectivity index (χ0) is 9.68. The largest absolute Gasteiger partial charge is 0.376 e. The molecule has 13 heavy (non-hydrogen) atoms. The van der Waals surface area contributed by atoms with Crippen LogP contribution in [0, 0.1) is 0 Å². The Kier molecular flexibility index (Phi) is 4.00. The highest BCUT2D eigenvalue weighted by Crippen LogP contribution is 2.22. The van der Waals surface area contributed by atoms with Crippen molar-refractivity contribution in [3.8, 4) is 0 Å². The van der Waals surface area contributed by atoms with E-state index in [0.29, 0.717) is 0 Å². The molecule has 0 aliphatic heterocycles. The van der Waals surface area contributed by atoms with Crippen LogP contribution in [0.25, 0.3) is 0 Å². The molecule has 0 heterocycles. The lowest BCUT2D eigenvalue weighted by molar-refractivity contribution is 0.106. The van der Waals surface area contributed by atoms with Crippen molar-refractivity contribution < 1.29 is 4.74 Å². The quantitative estimate of drug-likeness (QED) is 0.669. The van der Waals surface area contributed by atoms with Gasteiger partial charge in [-0.2, -0.15) is 0 Å². The van der Waals surface area contributed by atoms with E-state index in [9.17, 15) is 0 Å². The highest BCUT2D eigenvalue weighted by molar-refractivity contribution is 6.30. The van der Waals surface area contributed by atoms with Gasteiger partial charge in [-0.1, -0.05) is 29.8 Å². The SMILES string of the molecule is C=CC[C@@H](OC)c1ccc(Cl)cc1. The molecule has 0 fully saturated rings. The molecule has 1 atom stereocenters. The van der Waals surface area contributed by atoms with Gasteiger partial charge >= 0.3 is 0 Å². The summed E-state index contributed by atoms with van der Waals surface area (Å²) in [6, 6.07) is 7.68. The van der Waals surface area contributed by atoms with Gasteiger partial charge in [-0.25, -0.2) is 0 Å². The molecule has 1 nitrogen and oxygen atoms in total. The number of ether oxygens (including phenoxy) is 1. The minimum Gasteiger partial charge on any atom is -0.376 e. The fourth-order valence-electron chi connectivity index (χ4n) is 1.20. The average Bonchev–Trinajstić information content (AvgIpc) is 2.16. The fourth-order valence-corrected chi connectivity index (χ4v) is 1.32. The molecule has 0 unspecified atom stereocenters. The zero-order valence-corrected chi connectivity index (χ0v) is 8.42. The lowest BCUT2D eigenvalue weighted by Crippen LogP contribution is -1.99. The predicted molar refractivity (Wildman–Crippen MR) is 56.0 cm³/mol. The Balaban J connectivity index is 2.78. The molecule has 0 saturated carbocycles. The van der Waals surface area contributed by atoms with Crippen molar-refractivity contribution in [3.05, 3.63) is 47.5 Å². The maximum atomic E-state index is 5.78. The van der Waals surface area contributed by atoms with Crippen molar-refractivity contribution >= 4 is 11.6 Å². The number of hydrogen-bond acceptors (Lipinski definition) is 1. The minimum absolute atomic E-state index is 0.0924. The summed E-state index contributed by atoms with van der Waals surface area (Å²) in [5.74, 6) is 0. The monoisotopic (exact) mass is 196 g/mol. The summed E-state index contributed by atoms with van der Waals surface area (Å²) >= 11 is 5.78. The number of halogens is 1. The fraction of sp³-hybridized carbons (Fsp3) is 0.273. The van der Waals surface area contributed by atoms with E-state index in [1.54, 1.807) is 7.11 Å². The van der Waals surface area contributed by atoms with E-state index in [4.69, 9.17) is 16.3 Å². The van der Waals surface area contributed by atoms with Crippen LogP contribution in [0.4, 0.5) is 0 Å². The molecule has 0 saturated heterocycles.